The maximum absolute atomic E-state index is 13.4. The van der Waals surface area contributed by atoms with Gasteiger partial charge in [-0.05, 0) is 44.5 Å². The topological polar surface area (TPSA) is 67.8 Å². The predicted molar refractivity (Wildman–Crippen MR) is 98.8 cm³/mol. The summed E-state index contributed by atoms with van der Waals surface area (Å²) in [6, 6.07) is 6.18. The van der Waals surface area contributed by atoms with E-state index in [1.807, 2.05) is 0 Å². The molecular formula is C19H18FN3O2S. The Balaban J connectivity index is 1.79. The van der Waals surface area contributed by atoms with Crippen molar-refractivity contribution < 1.29 is 14.0 Å². The third-order valence-corrected chi connectivity index (χ3v) is 5.06. The number of aryl methyl sites for hydroxylation is 1. The number of nitrogens with one attached hydrogen (secondary N) is 1. The number of H-pyrrole nitrogens is 1. The number of imidazole rings is 1. The quantitative estimate of drug-likeness (QED) is 0.522. The largest absolute Gasteiger partial charge is 0.355 e. The minimum absolute atomic E-state index is 0.0652. The zero-order valence-electron chi connectivity index (χ0n) is 14.7. The average molecular weight is 371 g/mol. The van der Waals surface area contributed by atoms with Gasteiger partial charge in [0.15, 0.2) is 16.7 Å². The SMILES string of the molecule is CC(=O)c1c(C)[nH]c(C(=O)CSc2nccn2-c2cccc(F)c2)c1C. The van der Waals surface area contributed by atoms with Crippen LogP contribution in [0.1, 0.15) is 39.0 Å². The Morgan fingerprint density at radius 2 is 2.08 bits per heavy atom. The van der Waals surface area contributed by atoms with Gasteiger partial charge < -0.3 is 4.98 Å². The van der Waals surface area contributed by atoms with Crippen molar-refractivity contribution in [3.05, 3.63) is 65.0 Å². The number of rotatable bonds is 6. The summed E-state index contributed by atoms with van der Waals surface area (Å²) < 4.78 is 15.2. The lowest BCUT2D eigenvalue weighted by Crippen LogP contribution is -2.07. The Morgan fingerprint density at radius 3 is 2.73 bits per heavy atom. The summed E-state index contributed by atoms with van der Waals surface area (Å²) in [4.78, 5) is 31.6. The monoisotopic (exact) mass is 371 g/mol. The fourth-order valence-electron chi connectivity index (χ4n) is 2.98. The molecule has 0 unspecified atom stereocenters. The number of thioether (sulfide) groups is 1. The van der Waals surface area contributed by atoms with Crippen molar-refractivity contribution in [2.45, 2.75) is 25.9 Å². The highest BCUT2D eigenvalue weighted by atomic mass is 32.2. The second-order valence-electron chi connectivity index (χ2n) is 5.95. The van der Waals surface area contributed by atoms with Gasteiger partial charge in [0.25, 0.3) is 0 Å². The van der Waals surface area contributed by atoms with Gasteiger partial charge >= 0.3 is 0 Å². The van der Waals surface area contributed by atoms with Crippen molar-refractivity contribution in [2.24, 2.45) is 0 Å². The normalized spacial score (nSPS) is 10.9. The Labute approximate surface area is 154 Å². The molecule has 2 aromatic heterocycles. The number of benzene rings is 1. The van der Waals surface area contributed by atoms with E-state index in [2.05, 4.69) is 9.97 Å². The highest BCUT2D eigenvalue weighted by Gasteiger charge is 2.20. The Hall–Kier alpha value is -2.67. The standard InChI is InChI=1S/C19H18FN3O2S/c1-11-17(13(3)24)12(2)22-18(11)16(25)10-26-19-21-7-8-23(19)15-6-4-5-14(20)9-15/h4-9,22H,10H2,1-3H3. The molecule has 2 heterocycles. The molecule has 0 aliphatic carbocycles. The van der Waals surface area contributed by atoms with Crippen LogP contribution in [-0.4, -0.2) is 31.9 Å². The molecule has 0 bridgehead atoms. The number of aromatic amines is 1. The first kappa shape index (κ1) is 18.1. The van der Waals surface area contributed by atoms with Crippen molar-refractivity contribution in [1.82, 2.24) is 14.5 Å². The number of hydrogen-bond acceptors (Lipinski definition) is 4. The van der Waals surface area contributed by atoms with Gasteiger partial charge in [-0.3, -0.25) is 14.2 Å². The van der Waals surface area contributed by atoms with E-state index in [0.29, 0.717) is 33.4 Å². The number of carbonyl (C=O) groups excluding carboxylic acids is 2. The minimum Gasteiger partial charge on any atom is -0.355 e. The van der Waals surface area contributed by atoms with Crippen LogP contribution in [0.15, 0.2) is 41.8 Å². The molecular weight excluding hydrogens is 353 g/mol. The molecule has 0 amide bonds. The van der Waals surface area contributed by atoms with Gasteiger partial charge in [0, 0.05) is 23.7 Å². The highest BCUT2D eigenvalue weighted by Crippen LogP contribution is 2.24. The molecule has 3 aromatic rings. The lowest BCUT2D eigenvalue weighted by molar-refractivity contribution is 0.101. The van der Waals surface area contributed by atoms with Gasteiger partial charge in [-0.1, -0.05) is 17.8 Å². The Bertz CT molecular complexity index is 991. The molecule has 0 fully saturated rings. The van der Waals surface area contributed by atoms with E-state index in [1.54, 1.807) is 42.9 Å². The van der Waals surface area contributed by atoms with Crippen molar-refractivity contribution in [3.8, 4) is 5.69 Å². The van der Waals surface area contributed by atoms with Crippen LogP contribution in [0.4, 0.5) is 4.39 Å². The number of Topliss-reactive ketones (excluding diaryl/α,β-unsaturated/α-hetero) is 2. The lowest BCUT2D eigenvalue weighted by Gasteiger charge is -2.07. The number of halogens is 1. The van der Waals surface area contributed by atoms with Gasteiger partial charge in [0.1, 0.15) is 5.82 Å². The summed E-state index contributed by atoms with van der Waals surface area (Å²) in [5.74, 6) is -0.358. The van der Waals surface area contributed by atoms with Gasteiger partial charge in [-0.2, -0.15) is 0 Å². The molecule has 0 atom stereocenters. The van der Waals surface area contributed by atoms with Crippen LogP contribution in [0.25, 0.3) is 5.69 Å². The summed E-state index contributed by atoms with van der Waals surface area (Å²) in [5, 5.41) is 0.594. The molecule has 0 radical (unpaired) electrons. The number of ketones is 2. The van der Waals surface area contributed by atoms with Gasteiger partial charge in [0.05, 0.1) is 17.1 Å². The molecule has 5 nitrogen and oxygen atoms in total. The Morgan fingerprint density at radius 1 is 1.31 bits per heavy atom. The van der Waals surface area contributed by atoms with E-state index < -0.39 is 0 Å². The number of hydrogen-bond donors (Lipinski definition) is 1. The molecule has 0 saturated heterocycles. The first-order valence-electron chi connectivity index (χ1n) is 8.04. The summed E-state index contributed by atoms with van der Waals surface area (Å²) in [5.41, 5.74) is 3.03. The minimum atomic E-state index is -0.336. The van der Waals surface area contributed by atoms with Crippen molar-refractivity contribution in [2.75, 3.05) is 5.75 Å². The third-order valence-electron chi connectivity index (χ3n) is 4.09. The first-order valence-corrected chi connectivity index (χ1v) is 9.02. The molecule has 7 heteroatoms. The molecule has 1 aromatic carbocycles. The first-order chi connectivity index (χ1) is 12.4. The van der Waals surface area contributed by atoms with Crippen LogP contribution >= 0.6 is 11.8 Å². The number of aromatic nitrogens is 3. The molecule has 1 N–H and O–H groups in total. The van der Waals surface area contributed by atoms with Crippen molar-refractivity contribution in [3.63, 3.8) is 0 Å². The fourth-order valence-corrected chi connectivity index (χ4v) is 3.82. The number of nitrogens with zero attached hydrogens (tertiary/aromatic N) is 2. The molecule has 0 saturated carbocycles. The summed E-state index contributed by atoms with van der Waals surface area (Å²) in [7, 11) is 0. The summed E-state index contributed by atoms with van der Waals surface area (Å²) in [6.45, 7) is 5.04. The van der Waals surface area contributed by atoms with Gasteiger partial charge in [-0.25, -0.2) is 9.37 Å². The van der Waals surface area contributed by atoms with Crippen LogP contribution in [0, 0.1) is 19.7 Å². The maximum Gasteiger partial charge on any atom is 0.189 e. The molecule has 0 aliphatic rings. The second-order valence-corrected chi connectivity index (χ2v) is 6.90. The van der Waals surface area contributed by atoms with E-state index in [4.69, 9.17) is 0 Å². The molecule has 134 valence electrons. The van der Waals surface area contributed by atoms with Crippen LogP contribution in [0.5, 0.6) is 0 Å². The maximum atomic E-state index is 13.4. The zero-order chi connectivity index (χ0) is 18.8. The van der Waals surface area contributed by atoms with Crippen LogP contribution < -0.4 is 0 Å². The average Bonchev–Trinajstić information content (AvgIpc) is 3.16. The van der Waals surface area contributed by atoms with E-state index in [0.717, 1.165) is 0 Å². The second kappa shape index (κ2) is 7.29. The van der Waals surface area contributed by atoms with E-state index in [-0.39, 0.29) is 23.1 Å². The van der Waals surface area contributed by atoms with Crippen LogP contribution in [0.2, 0.25) is 0 Å². The summed E-state index contributed by atoms with van der Waals surface area (Å²) in [6.07, 6.45) is 3.33. The van der Waals surface area contributed by atoms with E-state index in [1.165, 1.54) is 30.8 Å². The molecule has 26 heavy (non-hydrogen) atoms. The lowest BCUT2D eigenvalue weighted by atomic mass is 10.1. The van der Waals surface area contributed by atoms with Crippen LogP contribution in [-0.2, 0) is 0 Å². The number of carbonyl (C=O) groups is 2. The highest BCUT2D eigenvalue weighted by molar-refractivity contribution is 7.99. The van der Waals surface area contributed by atoms with Crippen LogP contribution in [0.3, 0.4) is 0 Å². The zero-order valence-corrected chi connectivity index (χ0v) is 15.5. The molecule has 0 aliphatic heterocycles. The third kappa shape index (κ3) is 3.48. The van der Waals surface area contributed by atoms with E-state index >= 15 is 0 Å². The van der Waals surface area contributed by atoms with E-state index in [9.17, 15) is 14.0 Å². The summed E-state index contributed by atoms with van der Waals surface area (Å²) >= 11 is 1.26. The van der Waals surface area contributed by atoms with Crippen molar-refractivity contribution >= 4 is 23.3 Å². The van der Waals surface area contributed by atoms with Gasteiger partial charge in [0.2, 0.25) is 0 Å². The smallest absolute Gasteiger partial charge is 0.189 e. The molecule has 3 rings (SSSR count). The Kier molecular flexibility index (Phi) is 5.08. The predicted octanol–water partition coefficient (Wildman–Crippen LogP) is 4.13. The molecule has 0 spiro atoms. The fraction of sp³-hybridized carbons (Fsp3) is 0.211. The van der Waals surface area contributed by atoms with Crippen molar-refractivity contribution in [1.29, 1.82) is 0 Å². The van der Waals surface area contributed by atoms with Gasteiger partial charge in [-0.15, -0.1) is 0 Å².